The highest BCUT2D eigenvalue weighted by Gasteiger charge is 2.06. The van der Waals surface area contributed by atoms with E-state index in [0.717, 1.165) is 5.76 Å². The minimum atomic E-state index is -0.273. The maximum absolute atomic E-state index is 11.6. The van der Waals surface area contributed by atoms with Crippen molar-refractivity contribution in [3.63, 3.8) is 0 Å². The van der Waals surface area contributed by atoms with Crippen LogP contribution in [0.25, 0.3) is 0 Å². The lowest BCUT2D eigenvalue weighted by Crippen LogP contribution is -2.24. The van der Waals surface area contributed by atoms with Gasteiger partial charge in [-0.25, -0.2) is 0 Å². The summed E-state index contributed by atoms with van der Waals surface area (Å²) in [5, 5.41) is 13.4. The average Bonchev–Trinajstić information content (AvgIpc) is 2.96. The van der Waals surface area contributed by atoms with E-state index in [4.69, 9.17) is 4.42 Å². The Balaban J connectivity index is 1.90. The predicted octanol–water partition coefficient (Wildman–Crippen LogP) is 1.60. The highest BCUT2D eigenvalue weighted by atomic mass is 16.3. The third kappa shape index (κ3) is 3.67. The van der Waals surface area contributed by atoms with Crippen molar-refractivity contribution in [2.45, 2.75) is 6.54 Å². The first-order chi connectivity index (χ1) is 9.29. The molecule has 0 fully saturated rings. The Kier molecular flexibility index (Phi) is 4.28. The van der Waals surface area contributed by atoms with Crippen LogP contribution in [0.3, 0.4) is 0 Å². The van der Waals surface area contributed by atoms with E-state index in [2.05, 4.69) is 27.4 Å². The molecule has 0 saturated heterocycles. The van der Waals surface area contributed by atoms with Gasteiger partial charge < -0.3 is 15.1 Å². The fourth-order valence-electron chi connectivity index (χ4n) is 1.39. The molecule has 6 nitrogen and oxygen atoms in total. The highest BCUT2D eigenvalue weighted by molar-refractivity contribution is 5.92. The third-order valence-corrected chi connectivity index (χ3v) is 2.33. The number of carbonyl (C=O) groups excluding carboxylic acids is 1. The molecule has 0 aliphatic heterocycles. The zero-order valence-corrected chi connectivity index (χ0v) is 10.3. The molecular weight excluding hydrogens is 244 g/mol. The van der Waals surface area contributed by atoms with Crippen LogP contribution < -0.4 is 10.6 Å². The van der Waals surface area contributed by atoms with E-state index >= 15 is 0 Å². The summed E-state index contributed by atoms with van der Waals surface area (Å²) in [5.74, 6) is 1.11. The Hall–Kier alpha value is -2.63. The van der Waals surface area contributed by atoms with Gasteiger partial charge in [0.05, 0.1) is 12.8 Å². The molecule has 19 heavy (non-hydrogen) atoms. The number of amides is 1. The first-order valence-electron chi connectivity index (χ1n) is 5.78. The standard InChI is InChI=1S/C13H14N4O2/c1-2-7-14-13(18)11-5-6-12(17-16-11)15-9-10-4-3-8-19-10/h2-6,8H,1,7,9H2,(H,14,18)(H,15,17). The number of anilines is 1. The Morgan fingerprint density at radius 2 is 2.26 bits per heavy atom. The maximum atomic E-state index is 11.6. The zero-order valence-electron chi connectivity index (χ0n) is 10.3. The van der Waals surface area contributed by atoms with Gasteiger partial charge in [0.1, 0.15) is 11.6 Å². The van der Waals surface area contributed by atoms with Gasteiger partial charge in [-0.1, -0.05) is 6.08 Å². The Morgan fingerprint density at radius 1 is 1.37 bits per heavy atom. The molecule has 0 aromatic carbocycles. The second-order valence-electron chi connectivity index (χ2n) is 3.74. The van der Waals surface area contributed by atoms with Crippen LogP contribution in [0.5, 0.6) is 0 Å². The molecule has 0 radical (unpaired) electrons. The van der Waals surface area contributed by atoms with Crippen molar-refractivity contribution in [3.8, 4) is 0 Å². The number of hydrogen-bond donors (Lipinski definition) is 2. The fourth-order valence-corrected chi connectivity index (χ4v) is 1.39. The summed E-state index contributed by atoms with van der Waals surface area (Å²) in [6.07, 6.45) is 3.21. The van der Waals surface area contributed by atoms with E-state index in [-0.39, 0.29) is 11.6 Å². The first-order valence-corrected chi connectivity index (χ1v) is 5.78. The van der Waals surface area contributed by atoms with E-state index in [9.17, 15) is 4.79 Å². The quantitative estimate of drug-likeness (QED) is 0.769. The summed E-state index contributed by atoms with van der Waals surface area (Å²) in [6, 6.07) is 6.97. The molecule has 0 bridgehead atoms. The molecule has 2 aromatic heterocycles. The van der Waals surface area contributed by atoms with Gasteiger partial charge in [0.15, 0.2) is 5.69 Å². The maximum Gasteiger partial charge on any atom is 0.272 e. The summed E-state index contributed by atoms with van der Waals surface area (Å²) < 4.78 is 5.18. The normalized spacial score (nSPS) is 9.89. The molecule has 2 heterocycles. The second-order valence-corrected chi connectivity index (χ2v) is 3.74. The van der Waals surface area contributed by atoms with Crippen molar-refractivity contribution in [1.82, 2.24) is 15.5 Å². The van der Waals surface area contributed by atoms with Gasteiger partial charge in [-0.05, 0) is 24.3 Å². The number of nitrogens with zero attached hydrogens (tertiary/aromatic N) is 2. The number of nitrogens with one attached hydrogen (secondary N) is 2. The van der Waals surface area contributed by atoms with Crippen molar-refractivity contribution >= 4 is 11.7 Å². The summed E-state index contributed by atoms with van der Waals surface area (Å²) in [6.45, 7) is 4.44. The van der Waals surface area contributed by atoms with E-state index in [1.54, 1.807) is 24.5 Å². The molecule has 0 aliphatic rings. The molecule has 98 valence electrons. The molecule has 6 heteroatoms. The lowest BCUT2D eigenvalue weighted by atomic mass is 10.3. The van der Waals surface area contributed by atoms with Gasteiger partial charge in [0, 0.05) is 6.54 Å². The number of furan rings is 1. The Bertz CT molecular complexity index is 534. The Labute approximate surface area is 110 Å². The average molecular weight is 258 g/mol. The lowest BCUT2D eigenvalue weighted by molar-refractivity contribution is 0.0952. The molecule has 0 atom stereocenters. The van der Waals surface area contributed by atoms with Crippen LogP contribution in [0, 0.1) is 0 Å². The van der Waals surface area contributed by atoms with Crippen LogP contribution in [0.1, 0.15) is 16.2 Å². The molecule has 2 N–H and O–H groups in total. The Morgan fingerprint density at radius 3 is 2.89 bits per heavy atom. The summed E-state index contributed by atoms with van der Waals surface area (Å²) in [5.41, 5.74) is 0.269. The summed E-state index contributed by atoms with van der Waals surface area (Å²) in [7, 11) is 0. The first kappa shape index (κ1) is 12.8. The predicted molar refractivity (Wildman–Crippen MR) is 70.6 cm³/mol. The van der Waals surface area contributed by atoms with Crippen molar-refractivity contribution < 1.29 is 9.21 Å². The number of rotatable bonds is 6. The number of carbonyl (C=O) groups is 1. The van der Waals surface area contributed by atoms with Gasteiger partial charge in [0.2, 0.25) is 0 Å². The van der Waals surface area contributed by atoms with E-state index in [1.165, 1.54) is 0 Å². The highest BCUT2D eigenvalue weighted by Crippen LogP contribution is 2.06. The van der Waals surface area contributed by atoms with Crippen molar-refractivity contribution in [1.29, 1.82) is 0 Å². The van der Waals surface area contributed by atoms with Crippen LogP contribution in [0.15, 0.2) is 47.6 Å². The smallest absolute Gasteiger partial charge is 0.272 e. The van der Waals surface area contributed by atoms with Crippen LogP contribution in [-0.4, -0.2) is 22.6 Å². The molecular formula is C13H14N4O2. The van der Waals surface area contributed by atoms with Crippen LogP contribution >= 0.6 is 0 Å². The molecule has 1 amide bonds. The van der Waals surface area contributed by atoms with Gasteiger partial charge in [-0.2, -0.15) is 0 Å². The van der Waals surface area contributed by atoms with Gasteiger partial charge >= 0.3 is 0 Å². The molecule has 0 saturated carbocycles. The SMILES string of the molecule is C=CCNC(=O)c1ccc(NCc2ccco2)nn1. The minimum Gasteiger partial charge on any atom is -0.467 e. The second kappa shape index (κ2) is 6.34. The topological polar surface area (TPSA) is 80.0 Å². The number of aromatic nitrogens is 2. The van der Waals surface area contributed by atoms with Crippen molar-refractivity contribution in [2.24, 2.45) is 0 Å². The van der Waals surface area contributed by atoms with Gasteiger partial charge in [-0.15, -0.1) is 16.8 Å². The third-order valence-electron chi connectivity index (χ3n) is 2.33. The molecule has 0 aliphatic carbocycles. The largest absolute Gasteiger partial charge is 0.467 e. The van der Waals surface area contributed by atoms with Crippen LogP contribution in [-0.2, 0) is 6.54 Å². The number of hydrogen-bond acceptors (Lipinski definition) is 5. The van der Waals surface area contributed by atoms with E-state index in [0.29, 0.717) is 18.9 Å². The zero-order chi connectivity index (χ0) is 13.5. The molecule has 2 aromatic rings. The van der Waals surface area contributed by atoms with Crippen molar-refractivity contribution in [2.75, 3.05) is 11.9 Å². The monoisotopic (exact) mass is 258 g/mol. The van der Waals surface area contributed by atoms with Crippen LogP contribution in [0.2, 0.25) is 0 Å². The van der Waals surface area contributed by atoms with Gasteiger partial charge in [0.25, 0.3) is 5.91 Å². The molecule has 0 spiro atoms. The van der Waals surface area contributed by atoms with Crippen LogP contribution in [0.4, 0.5) is 5.82 Å². The summed E-state index contributed by atoms with van der Waals surface area (Å²) in [4.78, 5) is 11.6. The van der Waals surface area contributed by atoms with Gasteiger partial charge in [-0.3, -0.25) is 4.79 Å². The van der Waals surface area contributed by atoms with Crippen molar-refractivity contribution in [3.05, 3.63) is 54.6 Å². The lowest BCUT2D eigenvalue weighted by Gasteiger charge is -2.04. The summed E-state index contributed by atoms with van der Waals surface area (Å²) >= 11 is 0. The molecule has 0 unspecified atom stereocenters. The minimum absolute atomic E-state index is 0.269. The van der Waals surface area contributed by atoms with E-state index < -0.39 is 0 Å². The fraction of sp³-hybridized carbons (Fsp3) is 0.154. The van der Waals surface area contributed by atoms with E-state index in [1.807, 2.05) is 12.1 Å². The molecule has 2 rings (SSSR count).